The van der Waals surface area contributed by atoms with Crippen LogP contribution >= 0.6 is 11.8 Å². The number of rotatable bonds is 2. The first-order chi connectivity index (χ1) is 8.84. The lowest BCUT2D eigenvalue weighted by atomic mass is 10.2. The van der Waals surface area contributed by atoms with Gasteiger partial charge < -0.3 is 5.11 Å². The Hall–Kier alpha value is -1.16. The molecule has 2 aromatic carbocycles. The Morgan fingerprint density at radius 2 is 1.50 bits per heavy atom. The van der Waals surface area contributed by atoms with E-state index in [1.54, 1.807) is 11.4 Å². The van der Waals surface area contributed by atoms with Crippen molar-refractivity contribution in [3.63, 3.8) is 0 Å². The van der Waals surface area contributed by atoms with E-state index >= 15 is 0 Å². The van der Waals surface area contributed by atoms with Gasteiger partial charge in [0.2, 0.25) is 4.86 Å². The largest absolute Gasteiger partial charge is 0.837 e. The summed E-state index contributed by atoms with van der Waals surface area (Å²) in [4.78, 5) is 0.953. The standard InChI is InChI=1S/C15H12OS2/c16-14-13(11-7-3-1-4-8-11)17-15(18-14)12-9-5-2-6-10-12/h1-10,14-15H. The Bertz CT molecular complexity index is 551. The maximum absolute atomic E-state index is 12.1. The van der Waals surface area contributed by atoms with E-state index in [2.05, 4.69) is 12.1 Å². The Morgan fingerprint density at radius 3 is 2.17 bits per heavy atom. The van der Waals surface area contributed by atoms with Gasteiger partial charge in [0.1, 0.15) is 0 Å². The van der Waals surface area contributed by atoms with Crippen LogP contribution in [0.3, 0.4) is 0 Å². The third-order valence-corrected chi connectivity index (χ3v) is 5.79. The zero-order chi connectivity index (χ0) is 12.4. The van der Waals surface area contributed by atoms with Gasteiger partial charge in [0.05, 0.1) is 0 Å². The fraction of sp³-hybridized carbons (Fsp3) is 0.133. The third-order valence-electron chi connectivity index (χ3n) is 2.83. The summed E-state index contributed by atoms with van der Waals surface area (Å²) >= 11 is 3.18. The van der Waals surface area contributed by atoms with Gasteiger partial charge in [-0.05, 0) is 12.1 Å². The molecule has 1 nitrogen and oxygen atoms in total. The fourth-order valence-corrected chi connectivity index (χ4v) is 4.81. The fourth-order valence-electron chi connectivity index (χ4n) is 1.94. The minimum absolute atomic E-state index is 0.226. The first-order valence-electron chi connectivity index (χ1n) is 5.80. The van der Waals surface area contributed by atoms with Crippen LogP contribution in [0.5, 0.6) is 0 Å². The van der Waals surface area contributed by atoms with Crippen LogP contribution in [0, 0.1) is 0 Å². The lowest BCUT2D eigenvalue weighted by molar-refractivity contribution is -0.362. The molecule has 0 aromatic heterocycles. The summed E-state index contributed by atoms with van der Waals surface area (Å²) < 4.78 is 0.226. The zero-order valence-electron chi connectivity index (χ0n) is 9.65. The molecule has 0 amide bonds. The van der Waals surface area contributed by atoms with Gasteiger partial charge in [-0.2, -0.15) is 0 Å². The maximum Gasteiger partial charge on any atom is 0.255 e. The van der Waals surface area contributed by atoms with Gasteiger partial charge in [0.25, 0.3) is 4.58 Å². The molecule has 0 N–H and O–H groups in total. The first-order valence-corrected chi connectivity index (χ1v) is 7.62. The summed E-state index contributed by atoms with van der Waals surface area (Å²) in [6.45, 7) is 0. The van der Waals surface area contributed by atoms with Crippen molar-refractivity contribution in [1.29, 1.82) is 0 Å². The summed E-state index contributed by atoms with van der Waals surface area (Å²) in [5, 5.41) is 12.1. The van der Waals surface area contributed by atoms with Gasteiger partial charge in [-0.3, -0.25) is 0 Å². The number of hydrogen-bond acceptors (Lipinski definition) is 2. The van der Waals surface area contributed by atoms with Crippen LogP contribution in [0.2, 0.25) is 0 Å². The molecule has 0 aliphatic carbocycles. The highest BCUT2D eigenvalue weighted by molar-refractivity contribution is 8.13. The molecule has 2 unspecified atom stereocenters. The number of benzene rings is 2. The maximum atomic E-state index is 12.1. The van der Waals surface area contributed by atoms with Gasteiger partial charge in [0, 0.05) is 16.6 Å². The third kappa shape index (κ3) is 2.34. The van der Waals surface area contributed by atoms with E-state index in [1.165, 1.54) is 17.3 Å². The molecule has 3 heteroatoms. The second-order valence-corrected chi connectivity index (χ2v) is 6.68. The molecule has 3 rings (SSSR count). The average molecular weight is 272 g/mol. The van der Waals surface area contributed by atoms with E-state index in [-0.39, 0.29) is 4.58 Å². The average Bonchev–Trinajstić information content (AvgIpc) is 2.83. The first kappa shape index (κ1) is 11.9. The summed E-state index contributed by atoms with van der Waals surface area (Å²) in [7, 11) is 0. The predicted molar refractivity (Wildman–Crippen MR) is 78.5 cm³/mol. The molecule has 0 spiro atoms. The predicted octanol–water partition coefficient (Wildman–Crippen LogP) is 2.42. The minimum atomic E-state index is -0.664. The van der Waals surface area contributed by atoms with Crippen molar-refractivity contribution in [3.8, 4) is 0 Å². The quantitative estimate of drug-likeness (QED) is 0.619. The number of hydrogen-bond donors (Lipinski definition) is 0. The van der Waals surface area contributed by atoms with E-state index in [1.807, 2.05) is 48.5 Å². The van der Waals surface area contributed by atoms with Crippen molar-refractivity contribution in [2.24, 2.45) is 0 Å². The molecule has 0 bridgehead atoms. The van der Waals surface area contributed by atoms with Crippen LogP contribution in [0.4, 0.5) is 0 Å². The minimum Gasteiger partial charge on any atom is -0.837 e. The second-order valence-electron chi connectivity index (χ2n) is 4.06. The van der Waals surface area contributed by atoms with Crippen LogP contribution in [-0.2, 0) is 11.4 Å². The van der Waals surface area contributed by atoms with Crippen LogP contribution < -0.4 is 5.11 Å². The van der Waals surface area contributed by atoms with Gasteiger partial charge in [-0.25, -0.2) is 0 Å². The Morgan fingerprint density at radius 1 is 0.889 bits per heavy atom. The van der Waals surface area contributed by atoms with Crippen LogP contribution in [-0.4, -0.2) is 10.3 Å². The Labute approximate surface area is 115 Å². The Kier molecular flexibility index (Phi) is 3.46. The molecule has 1 heterocycles. The topological polar surface area (TPSA) is 23.1 Å². The van der Waals surface area contributed by atoms with Gasteiger partial charge in [-0.15, -0.1) is 0 Å². The van der Waals surface area contributed by atoms with Crippen molar-refractivity contribution < 1.29 is 5.11 Å². The molecule has 0 saturated heterocycles. The van der Waals surface area contributed by atoms with Crippen molar-refractivity contribution in [2.45, 2.75) is 10.0 Å². The highest BCUT2D eigenvalue weighted by Crippen LogP contribution is 2.37. The molecule has 0 fully saturated rings. The van der Waals surface area contributed by atoms with E-state index in [9.17, 15) is 5.11 Å². The summed E-state index contributed by atoms with van der Waals surface area (Å²) in [5.41, 5.74) is 1.62. The van der Waals surface area contributed by atoms with Crippen molar-refractivity contribution in [2.75, 3.05) is 0 Å². The molecule has 2 atom stereocenters. The van der Waals surface area contributed by atoms with E-state index in [4.69, 9.17) is 0 Å². The molecule has 1 aliphatic rings. The molecule has 2 aromatic rings. The SMILES string of the molecule is [O-]C1SC(c2ccccc2)[S+]=C1c1ccccc1. The molecular formula is C15H12OS2. The Balaban J connectivity index is 1.93. The van der Waals surface area contributed by atoms with Crippen LogP contribution in [0.15, 0.2) is 60.7 Å². The molecule has 18 heavy (non-hydrogen) atoms. The molecule has 0 saturated carbocycles. The molecular weight excluding hydrogens is 260 g/mol. The van der Waals surface area contributed by atoms with E-state index < -0.39 is 5.44 Å². The molecule has 1 aliphatic heterocycles. The van der Waals surface area contributed by atoms with Crippen molar-refractivity contribution >= 4 is 28.0 Å². The van der Waals surface area contributed by atoms with Crippen LogP contribution in [0.1, 0.15) is 15.7 Å². The highest BCUT2D eigenvalue weighted by Gasteiger charge is 2.35. The smallest absolute Gasteiger partial charge is 0.255 e. The van der Waals surface area contributed by atoms with Crippen molar-refractivity contribution in [1.82, 2.24) is 0 Å². The lowest BCUT2D eigenvalue weighted by Gasteiger charge is -2.12. The second kappa shape index (κ2) is 5.22. The van der Waals surface area contributed by atoms with Crippen molar-refractivity contribution in [3.05, 3.63) is 71.8 Å². The zero-order valence-corrected chi connectivity index (χ0v) is 11.3. The lowest BCUT2D eigenvalue weighted by Crippen LogP contribution is -2.28. The normalized spacial score (nSPS) is 22.8. The number of thioether (sulfide) groups is 1. The molecule has 90 valence electrons. The van der Waals surface area contributed by atoms with Gasteiger partial charge in [-0.1, -0.05) is 60.3 Å². The van der Waals surface area contributed by atoms with Crippen LogP contribution in [0.25, 0.3) is 0 Å². The van der Waals surface area contributed by atoms with Gasteiger partial charge >= 0.3 is 0 Å². The molecule has 0 radical (unpaired) electrons. The van der Waals surface area contributed by atoms with E-state index in [0.717, 1.165) is 10.4 Å². The summed E-state index contributed by atoms with van der Waals surface area (Å²) in [5.74, 6) is 0. The highest BCUT2D eigenvalue weighted by atomic mass is 32.2. The summed E-state index contributed by atoms with van der Waals surface area (Å²) in [6, 6.07) is 20.2. The monoisotopic (exact) mass is 272 g/mol. The summed E-state index contributed by atoms with van der Waals surface area (Å²) in [6.07, 6.45) is 0. The van der Waals surface area contributed by atoms with E-state index in [0.29, 0.717) is 0 Å². The van der Waals surface area contributed by atoms with Gasteiger partial charge in [0.15, 0.2) is 11.4 Å².